The van der Waals surface area contributed by atoms with E-state index in [-0.39, 0.29) is 35.6 Å². The maximum absolute atomic E-state index is 13.9. The van der Waals surface area contributed by atoms with Gasteiger partial charge in [-0.25, -0.2) is 0 Å². The van der Waals surface area contributed by atoms with Gasteiger partial charge in [0.25, 0.3) is 0 Å². The van der Waals surface area contributed by atoms with Crippen LogP contribution in [0.1, 0.15) is 33.6 Å². The van der Waals surface area contributed by atoms with E-state index in [0.717, 1.165) is 12.8 Å². The number of fused-ring (bicyclic) bond motifs is 1. The number of rotatable bonds is 9. The zero-order valence-corrected chi connectivity index (χ0v) is 19.8. The Morgan fingerprint density at radius 2 is 1.90 bits per heavy atom. The number of carbonyl (C=O) groups is 3. The van der Waals surface area contributed by atoms with Crippen molar-refractivity contribution >= 4 is 29.5 Å². The van der Waals surface area contributed by atoms with Crippen molar-refractivity contribution in [2.75, 3.05) is 26.7 Å². The number of amides is 3. The molecule has 0 aromatic heterocycles. The molecule has 3 amide bonds. The lowest BCUT2D eigenvalue weighted by Crippen LogP contribution is -2.58. The lowest BCUT2D eigenvalue weighted by Gasteiger charge is -2.40. The number of carbonyl (C=O) groups excluding carboxylic acids is 3. The van der Waals surface area contributed by atoms with Crippen molar-refractivity contribution in [3.8, 4) is 0 Å². The second-order valence-corrected chi connectivity index (χ2v) is 10.8. The number of thioether (sulfide) groups is 1. The Morgan fingerprint density at radius 1 is 1.26 bits per heavy atom. The molecule has 1 N–H and O–H groups in total. The van der Waals surface area contributed by atoms with Crippen molar-refractivity contribution in [2.45, 2.75) is 61.7 Å². The van der Waals surface area contributed by atoms with Crippen LogP contribution in [0.2, 0.25) is 0 Å². The van der Waals surface area contributed by atoms with Gasteiger partial charge in [-0.1, -0.05) is 12.2 Å². The van der Waals surface area contributed by atoms with Crippen molar-refractivity contribution < 1.29 is 19.5 Å². The highest BCUT2D eigenvalue weighted by atomic mass is 32.2. The molecule has 0 aromatic carbocycles. The van der Waals surface area contributed by atoms with Crippen molar-refractivity contribution in [3.63, 3.8) is 0 Å². The quantitative estimate of drug-likeness (QED) is 0.540. The summed E-state index contributed by atoms with van der Waals surface area (Å²) in [7, 11) is 1.73. The Labute approximate surface area is 189 Å². The van der Waals surface area contributed by atoms with Gasteiger partial charge in [0.2, 0.25) is 17.7 Å². The van der Waals surface area contributed by atoms with Gasteiger partial charge in [0.15, 0.2) is 0 Å². The second-order valence-electron chi connectivity index (χ2n) is 9.21. The summed E-state index contributed by atoms with van der Waals surface area (Å²) in [4.78, 5) is 45.9. The van der Waals surface area contributed by atoms with Gasteiger partial charge >= 0.3 is 0 Å². The predicted octanol–water partition coefficient (Wildman–Crippen LogP) is 1.53. The van der Waals surface area contributed by atoms with Crippen LogP contribution < -0.4 is 0 Å². The summed E-state index contributed by atoms with van der Waals surface area (Å²) in [5.41, 5.74) is 0. The number of likely N-dealkylation sites (N-methyl/N-ethyl adjacent to an activating group) is 1. The van der Waals surface area contributed by atoms with Crippen LogP contribution >= 0.6 is 11.8 Å². The normalized spacial score (nSPS) is 32.2. The summed E-state index contributed by atoms with van der Waals surface area (Å²) >= 11 is 1.65. The summed E-state index contributed by atoms with van der Waals surface area (Å²) in [6.45, 7) is 13.7. The summed E-state index contributed by atoms with van der Waals surface area (Å²) in [6.07, 6.45) is 4.89. The van der Waals surface area contributed by atoms with E-state index in [1.54, 1.807) is 52.6 Å². The topological polar surface area (TPSA) is 81.2 Å². The monoisotopic (exact) mass is 449 g/mol. The maximum Gasteiger partial charge on any atom is 0.247 e. The standard InChI is InChI=1S/C23H35N3O4S/c1-7-11-24(6)20(28)17-16-9-10-23(31-16)18(17)21(29)26(15(5)13-27)19(23)22(30)25(12-8-2)14(3)4/h7-8,14-19,27H,1-2,9-13H2,3-6H3/t15-,16-,17+,18+,19?,23?/m1/s1. The molecule has 3 aliphatic heterocycles. The first kappa shape index (κ1) is 23.9. The first-order valence-corrected chi connectivity index (χ1v) is 11.9. The van der Waals surface area contributed by atoms with E-state index in [2.05, 4.69) is 13.2 Å². The highest BCUT2D eigenvalue weighted by Crippen LogP contribution is 2.67. The van der Waals surface area contributed by atoms with E-state index >= 15 is 0 Å². The van der Waals surface area contributed by atoms with Crippen molar-refractivity contribution in [2.24, 2.45) is 11.8 Å². The van der Waals surface area contributed by atoms with Gasteiger partial charge in [-0.3, -0.25) is 14.4 Å². The van der Waals surface area contributed by atoms with Gasteiger partial charge in [-0.2, -0.15) is 0 Å². The Balaban J connectivity index is 2.06. The van der Waals surface area contributed by atoms with Crippen LogP contribution in [0.25, 0.3) is 0 Å². The molecule has 3 aliphatic rings. The molecular formula is C23H35N3O4S. The Bertz CT molecular complexity index is 772. The van der Waals surface area contributed by atoms with Gasteiger partial charge < -0.3 is 19.8 Å². The van der Waals surface area contributed by atoms with Gasteiger partial charge in [0.05, 0.1) is 29.2 Å². The van der Waals surface area contributed by atoms with Gasteiger partial charge in [-0.05, 0) is 33.6 Å². The average Bonchev–Trinajstić information content (AvgIpc) is 3.37. The fourth-order valence-electron chi connectivity index (χ4n) is 5.60. The summed E-state index contributed by atoms with van der Waals surface area (Å²) in [5.74, 6) is -1.35. The third-order valence-electron chi connectivity index (χ3n) is 7.01. The zero-order chi connectivity index (χ0) is 23.1. The second kappa shape index (κ2) is 8.98. The number of aliphatic hydroxyl groups excluding tert-OH is 1. The van der Waals surface area contributed by atoms with Gasteiger partial charge in [-0.15, -0.1) is 24.9 Å². The molecule has 3 saturated heterocycles. The minimum absolute atomic E-state index is 0.0301. The number of hydrogen-bond donors (Lipinski definition) is 1. The Kier molecular flexibility index (Phi) is 6.91. The number of likely N-dealkylation sites (tertiary alicyclic amines) is 1. The van der Waals surface area contributed by atoms with Crippen molar-refractivity contribution in [1.82, 2.24) is 14.7 Å². The van der Waals surface area contributed by atoms with E-state index < -0.39 is 28.7 Å². The molecule has 2 bridgehead atoms. The van der Waals surface area contributed by atoms with Crippen LogP contribution in [0, 0.1) is 11.8 Å². The molecule has 0 radical (unpaired) electrons. The minimum atomic E-state index is -0.688. The SMILES string of the molecule is C=CCN(C)C(=O)[C@@H]1[C@H]2C(=O)N([C@H](C)CO)C(C(=O)N(CC=C)C(C)C)C23CC[C@H]1S3. The van der Waals surface area contributed by atoms with Crippen LogP contribution in [-0.2, 0) is 14.4 Å². The molecule has 1 spiro atoms. The number of aliphatic hydroxyl groups is 1. The molecular weight excluding hydrogens is 414 g/mol. The highest BCUT2D eigenvalue weighted by Gasteiger charge is 2.74. The summed E-state index contributed by atoms with van der Waals surface area (Å²) in [6, 6.07) is -1.24. The lowest BCUT2D eigenvalue weighted by molar-refractivity contribution is -0.147. The van der Waals surface area contributed by atoms with Crippen LogP contribution in [0.3, 0.4) is 0 Å². The molecule has 7 nitrogen and oxygen atoms in total. The molecule has 0 saturated carbocycles. The first-order chi connectivity index (χ1) is 14.7. The Hall–Kier alpha value is -1.80. The first-order valence-electron chi connectivity index (χ1n) is 11.0. The fourth-order valence-corrected chi connectivity index (χ4v) is 7.80. The molecule has 31 heavy (non-hydrogen) atoms. The van der Waals surface area contributed by atoms with E-state index in [4.69, 9.17) is 0 Å². The highest BCUT2D eigenvalue weighted by molar-refractivity contribution is 8.02. The van der Waals surface area contributed by atoms with Crippen LogP contribution in [0.5, 0.6) is 0 Å². The molecule has 6 atom stereocenters. The van der Waals surface area contributed by atoms with E-state index in [9.17, 15) is 19.5 Å². The van der Waals surface area contributed by atoms with Gasteiger partial charge in [0.1, 0.15) is 6.04 Å². The summed E-state index contributed by atoms with van der Waals surface area (Å²) in [5, 5.41) is 9.93. The lowest BCUT2D eigenvalue weighted by atomic mass is 9.70. The molecule has 3 rings (SSSR count). The number of hydrogen-bond acceptors (Lipinski definition) is 5. The molecule has 2 unspecified atom stereocenters. The van der Waals surface area contributed by atoms with Crippen LogP contribution in [-0.4, -0.2) is 92.4 Å². The van der Waals surface area contributed by atoms with E-state index in [1.165, 1.54) is 0 Å². The average molecular weight is 450 g/mol. The smallest absolute Gasteiger partial charge is 0.247 e. The minimum Gasteiger partial charge on any atom is -0.394 e. The summed E-state index contributed by atoms with van der Waals surface area (Å²) < 4.78 is -0.633. The predicted molar refractivity (Wildman–Crippen MR) is 122 cm³/mol. The molecule has 0 aliphatic carbocycles. The van der Waals surface area contributed by atoms with Crippen molar-refractivity contribution in [1.29, 1.82) is 0 Å². The molecule has 8 heteroatoms. The van der Waals surface area contributed by atoms with Crippen LogP contribution in [0.15, 0.2) is 25.3 Å². The molecule has 0 aromatic rings. The maximum atomic E-state index is 13.9. The van der Waals surface area contributed by atoms with Crippen molar-refractivity contribution in [3.05, 3.63) is 25.3 Å². The third-order valence-corrected chi connectivity index (χ3v) is 8.96. The largest absolute Gasteiger partial charge is 0.394 e. The van der Waals surface area contributed by atoms with E-state index in [1.807, 2.05) is 13.8 Å². The molecule has 3 fully saturated rings. The number of nitrogens with zero attached hydrogens (tertiary/aromatic N) is 3. The van der Waals surface area contributed by atoms with Gasteiger partial charge in [0, 0.05) is 31.4 Å². The Morgan fingerprint density at radius 3 is 2.45 bits per heavy atom. The third kappa shape index (κ3) is 3.61. The zero-order valence-electron chi connectivity index (χ0n) is 19.0. The fraction of sp³-hybridized carbons (Fsp3) is 0.696. The van der Waals surface area contributed by atoms with E-state index in [0.29, 0.717) is 13.1 Å². The van der Waals surface area contributed by atoms with Crippen LogP contribution in [0.4, 0.5) is 0 Å². The molecule has 3 heterocycles. The molecule has 172 valence electrons.